The van der Waals surface area contributed by atoms with Crippen LogP contribution in [0, 0.1) is 11.7 Å². The van der Waals surface area contributed by atoms with Crippen molar-refractivity contribution in [2.24, 2.45) is 5.92 Å². The Kier molecular flexibility index (Phi) is 7.73. The number of likely N-dealkylation sites (N-methyl/N-ethyl adjacent to an activating group) is 1. The Morgan fingerprint density at radius 3 is 2.74 bits per heavy atom. The lowest BCUT2D eigenvalue weighted by Crippen LogP contribution is -2.49. The van der Waals surface area contributed by atoms with Crippen molar-refractivity contribution in [1.82, 2.24) is 19.8 Å². The number of aliphatic hydroxyl groups is 1. The minimum absolute atomic E-state index is 0.0167. The Bertz CT molecular complexity index is 1160. The highest BCUT2D eigenvalue weighted by atomic mass is 19.1. The fraction of sp³-hybridized carbons (Fsp3) is 0.370. The summed E-state index contributed by atoms with van der Waals surface area (Å²) < 4.78 is 20.2. The van der Waals surface area contributed by atoms with Gasteiger partial charge in [0.15, 0.2) is 0 Å². The van der Waals surface area contributed by atoms with E-state index < -0.39 is 0 Å². The predicted octanol–water partition coefficient (Wildman–Crippen LogP) is 3.63. The predicted molar refractivity (Wildman–Crippen MR) is 131 cm³/mol. The number of aliphatic hydroxyl groups excluding tert-OH is 1. The average molecular weight is 479 g/mol. The Hall–Kier alpha value is -3.36. The van der Waals surface area contributed by atoms with Crippen molar-refractivity contribution in [2.45, 2.75) is 32.5 Å². The fourth-order valence-electron chi connectivity index (χ4n) is 4.29. The van der Waals surface area contributed by atoms with E-state index in [4.69, 9.17) is 4.74 Å². The Labute approximate surface area is 205 Å². The lowest BCUT2D eigenvalue weighted by atomic mass is 9.99. The first-order valence-corrected chi connectivity index (χ1v) is 11.8. The van der Waals surface area contributed by atoms with Gasteiger partial charge in [0, 0.05) is 43.5 Å². The molecule has 1 N–H and O–H groups in total. The molecule has 2 aromatic heterocycles. The molecule has 1 aromatic carbocycles. The van der Waals surface area contributed by atoms with E-state index in [9.17, 15) is 14.3 Å². The van der Waals surface area contributed by atoms with Crippen LogP contribution >= 0.6 is 0 Å². The summed E-state index contributed by atoms with van der Waals surface area (Å²) in [5, 5.41) is 9.84. The molecule has 184 valence electrons. The van der Waals surface area contributed by atoms with Gasteiger partial charge in [-0.05, 0) is 49.9 Å². The maximum absolute atomic E-state index is 13.8. The van der Waals surface area contributed by atoms with Crippen LogP contribution in [0.25, 0.3) is 11.1 Å². The summed E-state index contributed by atoms with van der Waals surface area (Å²) in [6.45, 7) is 5.37. The summed E-state index contributed by atoms with van der Waals surface area (Å²) in [7, 11) is 2.00. The van der Waals surface area contributed by atoms with Crippen molar-refractivity contribution in [3.63, 3.8) is 0 Å². The number of fused-ring (bicyclic) bond motifs is 1. The van der Waals surface area contributed by atoms with E-state index in [0.29, 0.717) is 36.3 Å². The van der Waals surface area contributed by atoms with Crippen LogP contribution in [0.1, 0.15) is 29.9 Å². The highest BCUT2D eigenvalue weighted by molar-refractivity contribution is 5.98. The van der Waals surface area contributed by atoms with E-state index in [1.807, 2.05) is 39.1 Å². The van der Waals surface area contributed by atoms with E-state index >= 15 is 0 Å². The molecule has 1 aliphatic heterocycles. The zero-order valence-electron chi connectivity index (χ0n) is 20.3. The van der Waals surface area contributed by atoms with Crippen molar-refractivity contribution in [1.29, 1.82) is 0 Å². The van der Waals surface area contributed by atoms with Gasteiger partial charge in [0.25, 0.3) is 5.91 Å². The Balaban J connectivity index is 1.66. The van der Waals surface area contributed by atoms with Crippen LogP contribution < -0.4 is 4.74 Å². The molecule has 1 amide bonds. The van der Waals surface area contributed by atoms with Crippen molar-refractivity contribution in [2.75, 3.05) is 26.7 Å². The van der Waals surface area contributed by atoms with Crippen LogP contribution in [0.4, 0.5) is 4.39 Å². The maximum atomic E-state index is 13.8. The van der Waals surface area contributed by atoms with Gasteiger partial charge in [0.1, 0.15) is 17.5 Å². The number of pyridine rings is 2. The SMILES string of the molecule is C[C@H]1CN([C@@H](C)CO)C(=O)c2cc(-c3cccc(F)c3)cnc2O[C@H]1CN(C)Cc1ccccn1. The van der Waals surface area contributed by atoms with Crippen LogP contribution in [0.15, 0.2) is 60.9 Å². The van der Waals surface area contributed by atoms with Crippen LogP contribution in [-0.2, 0) is 6.54 Å². The molecule has 0 aliphatic carbocycles. The number of amides is 1. The number of carbonyl (C=O) groups is 1. The molecule has 1 aliphatic rings. The van der Waals surface area contributed by atoms with Crippen LogP contribution in [0.3, 0.4) is 0 Å². The zero-order valence-corrected chi connectivity index (χ0v) is 20.3. The second kappa shape index (κ2) is 10.9. The van der Waals surface area contributed by atoms with Gasteiger partial charge in [-0.2, -0.15) is 0 Å². The molecule has 7 nitrogen and oxygen atoms in total. The summed E-state index contributed by atoms with van der Waals surface area (Å²) in [4.78, 5) is 26.3. The number of ether oxygens (including phenoxy) is 1. The monoisotopic (exact) mass is 478 g/mol. The molecule has 4 rings (SSSR count). The molecule has 0 saturated heterocycles. The smallest absolute Gasteiger partial charge is 0.259 e. The first kappa shape index (κ1) is 24.8. The number of hydrogen-bond acceptors (Lipinski definition) is 6. The molecule has 35 heavy (non-hydrogen) atoms. The number of nitrogens with zero attached hydrogens (tertiary/aromatic N) is 4. The van der Waals surface area contributed by atoms with E-state index in [1.54, 1.807) is 35.5 Å². The number of rotatable bonds is 7. The molecule has 0 radical (unpaired) electrons. The third-order valence-electron chi connectivity index (χ3n) is 6.33. The van der Waals surface area contributed by atoms with E-state index in [2.05, 4.69) is 14.9 Å². The molecular formula is C27H31FN4O3. The van der Waals surface area contributed by atoms with Gasteiger partial charge in [-0.25, -0.2) is 9.37 Å². The average Bonchev–Trinajstić information content (AvgIpc) is 2.86. The molecular weight excluding hydrogens is 447 g/mol. The standard InChI is InChI=1S/C27H31FN4O3/c1-18-14-32(19(2)17-33)27(34)24-12-21(20-7-6-8-22(28)11-20)13-30-26(24)35-25(18)16-31(3)15-23-9-4-5-10-29-23/h4-13,18-19,25,33H,14-17H2,1-3H3/t18-,19-,25-/m0/s1. The molecule has 3 aromatic rings. The molecule has 8 heteroatoms. The minimum atomic E-state index is -0.374. The molecule has 0 fully saturated rings. The third-order valence-corrected chi connectivity index (χ3v) is 6.33. The van der Waals surface area contributed by atoms with E-state index in [1.165, 1.54) is 12.1 Å². The van der Waals surface area contributed by atoms with Gasteiger partial charge in [-0.1, -0.05) is 25.1 Å². The molecule has 0 spiro atoms. The summed E-state index contributed by atoms with van der Waals surface area (Å²) in [5.74, 6) is -0.401. The van der Waals surface area contributed by atoms with Crippen LogP contribution in [0.5, 0.6) is 5.88 Å². The largest absolute Gasteiger partial charge is 0.472 e. The molecule has 0 bridgehead atoms. The third kappa shape index (κ3) is 5.83. The second-order valence-electron chi connectivity index (χ2n) is 9.23. The van der Waals surface area contributed by atoms with E-state index in [-0.39, 0.29) is 42.3 Å². The molecule has 0 unspecified atom stereocenters. The van der Waals surface area contributed by atoms with Gasteiger partial charge in [0.2, 0.25) is 5.88 Å². The van der Waals surface area contributed by atoms with Gasteiger partial charge >= 0.3 is 0 Å². The number of hydrogen-bond donors (Lipinski definition) is 1. The lowest BCUT2D eigenvalue weighted by Gasteiger charge is -2.37. The maximum Gasteiger partial charge on any atom is 0.259 e. The second-order valence-corrected chi connectivity index (χ2v) is 9.23. The lowest BCUT2D eigenvalue weighted by molar-refractivity contribution is 0.0324. The normalized spacial score (nSPS) is 19.0. The highest BCUT2D eigenvalue weighted by Crippen LogP contribution is 2.30. The highest BCUT2D eigenvalue weighted by Gasteiger charge is 2.34. The molecule has 0 saturated carbocycles. The number of carbonyl (C=O) groups excluding carboxylic acids is 1. The number of benzene rings is 1. The Morgan fingerprint density at radius 1 is 1.20 bits per heavy atom. The molecule has 3 atom stereocenters. The Morgan fingerprint density at radius 2 is 2.03 bits per heavy atom. The van der Waals surface area contributed by atoms with Crippen LogP contribution in [-0.4, -0.2) is 69.7 Å². The van der Waals surface area contributed by atoms with E-state index in [0.717, 1.165) is 5.69 Å². The number of aromatic nitrogens is 2. The summed E-state index contributed by atoms with van der Waals surface area (Å²) in [6, 6.07) is 13.3. The van der Waals surface area contributed by atoms with Gasteiger partial charge < -0.3 is 14.7 Å². The van der Waals surface area contributed by atoms with Crippen molar-refractivity contribution in [3.8, 4) is 17.0 Å². The summed E-state index contributed by atoms with van der Waals surface area (Å²) in [5.41, 5.74) is 2.50. The zero-order chi connectivity index (χ0) is 24.9. The van der Waals surface area contributed by atoms with Gasteiger partial charge in [-0.3, -0.25) is 14.7 Å². The van der Waals surface area contributed by atoms with Gasteiger partial charge in [-0.15, -0.1) is 0 Å². The quantitative estimate of drug-likeness (QED) is 0.559. The van der Waals surface area contributed by atoms with Crippen molar-refractivity contribution >= 4 is 5.91 Å². The van der Waals surface area contributed by atoms with Crippen molar-refractivity contribution < 1.29 is 19.0 Å². The first-order chi connectivity index (χ1) is 16.9. The fourth-order valence-corrected chi connectivity index (χ4v) is 4.29. The van der Waals surface area contributed by atoms with Crippen LogP contribution in [0.2, 0.25) is 0 Å². The molecule has 3 heterocycles. The van der Waals surface area contributed by atoms with Gasteiger partial charge in [0.05, 0.1) is 18.3 Å². The number of halogens is 1. The summed E-state index contributed by atoms with van der Waals surface area (Å²) >= 11 is 0. The summed E-state index contributed by atoms with van der Waals surface area (Å²) in [6.07, 6.45) is 3.12. The minimum Gasteiger partial charge on any atom is -0.472 e. The topological polar surface area (TPSA) is 78.8 Å². The first-order valence-electron chi connectivity index (χ1n) is 11.8. The van der Waals surface area contributed by atoms with Crippen molar-refractivity contribution in [3.05, 3.63) is 78.0 Å².